The monoisotopic (exact) mass is 450 g/mol. The van der Waals surface area contributed by atoms with Crippen LogP contribution in [0.3, 0.4) is 0 Å². The molecule has 3 aromatic rings. The molecule has 2 amide bonds. The van der Waals surface area contributed by atoms with Gasteiger partial charge in [0.25, 0.3) is 11.8 Å². The number of halogens is 1. The predicted molar refractivity (Wildman–Crippen MR) is 115 cm³/mol. The normalized spacial score (nSPS) is 15.0. The zero-order chi connectivity index (χ0) is 20.2. The zero-order valence-corrected chi connectivity index (χ0v) is 17.1. The molecule has 0 spiro atoms. The maximum absolute atomic E-state index is 12.7. The van der Waals surface area contributed by atoms with E-state index in [1.165, 1.54) is 0 Å². The summed E-state index contributed by atoms with van der Waals surface area (Å²) in [5.41, 5.74) is 2.71. The third-order valence-electron chi connectivity index (χ3n) is 4.76. The fourth-order valence-electron chi connectivity index (χ4n) is 3.25. The second-order valence-corrected chi connectivity index (χ2v) is 7.66. The smallest absolute Gasteiger partial charge is 0.255 e. The Morgan fingerprint density at radius 3 is 2.38 bits per heavy atom. The Morgan fingerprint density at radius 1 is 0.897 bits per heavy atom. The van der Waals surface area contributed by atoms with Crippen molar-refractivity contribution in [2.45, 2.75) is 12.5 Å². The van der Waals surface area contributed by atoms with Gasteiger partial charge in [0.05, 0.1) is 12.6 Å². The van der Waals surface area contributed by atoms with Crippen LogP contribution >= 0.6 is 15.9 Å². The molecule has 1 atom stereocenters. The van der Waals surface area contributed by atoms with Crippen molar-refractivity contribution in [3.05, 3.63) is 94.0 Å². The molecule has 6 heteroatoms. The number of anilines is 1. The number of nitrogens with one attached hydrogen (secondary N) is 2. The Kier molecular flexibility index (Phi) is 5.62. The van der Waals surface area contributed by atoms with Crippen LogP contribution in [0.25, 0.3) is 0 Å². The summed E-state index contributed by atoms with van der Waals surface area (Å²) >= 11 is 3.47. The highest BCUT2D eigenvalue weighted by atomic mass is 79.9. The molecule has 0 saturated carbocycles. The number of hydrogen-bond donors (Lipinski definition) is 2. The highest BCUT2D eigenvalue weighted by Gasteiger charge is 2.23. The molecule has 0 saturated heterocycles. The summed E-state index contributed by atoms with van der Waals surface area (Å²) in [4.78, 5) is 24.9. The maximum Gasteiger partial charge on any atom is 0.255 e. The van der Waals surface area contributed by atoms with E-state index in [-0.39, 0.29) is 17.9 Å². The van der Waals surface area contributed by atoms with E-state index in [2.05, 4.69) is 26.6 Å². The van der Waals surface area contributed by atoms with E-state index in [1.54, 1.807) is 36.4 Å². The molecule has 5 nitrogen and oxygen atoms in total. The molecule has 0 aromatic heterocycles. The van der Waals surface area contributed by atoms with Gasteiger partial charge in [-0.05, 0) is 54.6 Å². The maximum atomic E-state index is 12.7. The summed E-state index contributed by atoms with van der Waals surface area (Å²) in [6.07, 6.45) is 0.709. The first-order valence-electron chi connectivity index (χ1n) is 9.30. The van der Waals surface area contributed by atoms with Crippen LogP contribution in [0.1, 0.15) is 38.7 Å². The van der Waals surface area contributed by atoms with Crippen molar-refractivity contribution in [2.24, 2.45) is 0 Å². The predicted octanol–water partition coefficient (Wildman–Crippen LogP) is 4.96. The molecular formula is C23H19BrN2O3. The molecule has 29 heavy (non-hydrogen) atoms. The summed E-state index contributed by atoms with van der Waals surface area (Å²) in [5.74, 6) is 0.444. The average molecular weight is 451 g/mol. The van der Waals surface area contributed by atoms with Crippen molar-refractivity contribution in [2.75, 3.05) is 11.9 Å². The Hall–Kier alpha value is -3.12. The van der Waals surface area contributed by atoms with E-state index < -0.39 is 0 Å². The molecule has 1 aliphatic rings. The van der Waals surface area contributed by atoms with Crippen molar-refractivity contribution in [3.63, 3.8) is 0 Å². The number of hydrogen-bond acceptors (Lipinski definition) is 3. The third kappa shape index (κ3) is 4.49. The minimum absolute atomic E-state index is 0.110. The van der Waals surface area contributed by atoms with E-state index in [0.29, 0.717) is 29.8 Å². The highest BCUT2D eigenvalue weighted by Crippen LogP contribution is 2.34. The summed E-state index contributed by atoms with van der Waals surface area (Å²) in [6.45, 7) is 0.560. The van der Waals surface area contributed by atoms with Crippen LogP contribution < -0.4 is 15.4 Å². The number of amides is 2. The molecule has 1 aliphatic heterocycles. The van der Waals surface area contributed by atoms with Crippen LogP contribution in [-0.4, -0.2) is 18.4 Å². The van der Waals surface area contributed by atoms with Gasteiger partial charge in [0.2, 0.25) is 0 Å². The van der Waals surface area contributed by atoms with Gasteiger partial charge in [-0.25, -0.2) is 0 Å². The zero-order valence-electron chi connectivity index (χ0n) is 15.5. The fourth-order valence-corrected chi connectivity index (χ4v) is 3.63. The van der Waals surface area contributed by atoms with Crippen molar-refractivity contribution >= 4 is 33.4 Å². The lowest BCUT2D eigenvalue weighted by Crippen LogP contribution is -2.32. The van der Waals surface area contributed by atoms with Crippen LogP contribution in [0.5, 0.6) is 5.75 Å². The molecule has 1 unspecified atom stereocenters. The third-order valence-corrected chi connectivity index (χ3v) is 5.25. The van der Waals surface area contributed by atoms with E-state index in [4.69, 9.17) is 4.74 Å². The summed E-state index contributed by atoms with van der Waals surface area (Å²) in [5, 5.41) is 5.91. The molecule has 0 aliphatic carbocycles. The molecule has 1 heterocycles. The van der Waals surface area contributed by atoms with E-state index in [0.717, 1.165) is 15.8 Å². The first-order chi connectivity index (χ1) is 14.1. The first kappa shape index (κ1) is 19.2. The number of fused-ring (bicyclic) bond motifs is 1. The van der Waals surface area contributed by atoms with Crippen molar-refractivity contribution in [1.29, 1.82) is 0 Å². The number of carbonyl (C=O) groups excluding carboxylic acids is 2. The van der Waals surface area contributed by atoms with Gasteiger partial charge in [-0.15, -0.1) is 0 Å². The standard InChI is InChI=1S/C23H19BrN2O3/c24-17-8-11-21-19(14-17)20(12-13-29-21)26-23(28)16-6-9-18(10-7-16)25-22(27)15-4-2-1-3-5-15/h1-11,14,20H,12-13H2,(H,25,27)(H,26,28). The average Bonchev–Trinajstić information content (AvgIpc) is 2.75. The van der Waals surface area contributed by atoms with Gasteiger partial charge in [-0.2, -0.15) is 0 Å². The van der Waals surface area contributed by atoms with Gasteiger partial charge in [0.15, 0.2) is 0 Å². The molecular weight excluding hydrogens is 432 g/mol. The molecule has 3 aromatic carbocycles. The summed E-state index contributed by atoms with van der Waals surface area (Å²) in [6, 6.07) is 21.5. The molecule has 146 valence electrons. The number of ether oxygens (including phenoxy) is 1. The second kappa shape index (κ2) is 8.49. The lowest BCUT2D eigenvalue weighted by atomic mass is 10.00. The quantitative estimate of drug-likeness (QED) is 0.590. The Labute approximate surface area is 177 Å². The topological polar surface area (TPSA) is 67.4 Å². The van der Waals surface area contributed by atoms with Crippen molar-refractivity contribution in [3.8, 4) is 5.75 Å². The van der Waals surface area contributed by atoms with Gasteiger partial charge < -0.3 is 15.4 Å². The number of benzene rings is 3. The van der Waals surface area contributed by atoms with Gasteiger partial charge in [0.1, 0.15) is 5.75 Å². The van der Waals surface area contributed by atoms with Crippen LogP contribution in [0.15, 0.2) is 77.3 Å². The Balaban J connectivity index is 1.43. The summed E-state index contributed by atoms with van der Waals surface area (Å²) in [7, 11) is 0. The van der Waals surface area contributed by atoms with Crippen LogP contribution in [-0.2, 0) is 0 Å². The number of carbonyl (C=O) groups is 2. The highest BCUT2D eigenvalue weighted by molar-refractivity contribution is 9.10. The van der Waals surface area contributed by atoms with Crippen LogP contribution in [0.2, 0.25) is 0 Å². The van der Waals surface area contributed by atoms with Gasteiger partial charge in [-0.1, -0.05) is 34.1 Å². The summed E-state index contributed by atoms with van der Waals surface area (Å²) < 4.78 is 6.62. The molecule has 0 radical (unpaired) electrons. The SMILES string of the molecule is O=C(Nc1ccc(C(=O)NC2CCOc3ccc(Br)cc32)cc1)c1ccccc1. The van der Waals surface area contributed by atoms with Crippen LogP contribution in [0, 0.1) is 0 Å². The second-order valence-electron chi connectivity index (χ2n) is 6.74. The lowest BCUT2D eigenvalue weighted by molar-refractivity contribution is 0.0924. The van der Waals surface area contributed by atoms with Crippen molar-refractivity contribution < 1.29 is 14.3 Å². The number of rotatable bonds is 4. The molecule has 0 fully saturated rings. The van der Waals surface area contributed by atoms with Crippen molar-refractivity contribution in [1.82, 2.24) is 5.32 Å². The van der Waals surface area contributed by atoms with Crippen LogP contribution in [0.4, 0.5) is 5.69 Å². The minimum Gasteiger partial charge on any atom is -0.493 e. The Morgan fingerprint density at radius 2 is 1.62 bits per heavy atom. The van der Waals surface area contributed by atoms with E-state index in [9.17, 15) is 9.59 Å². The first-order valence-corrected chi connectivity index (χ1v) is 10.1. The van der Waals surface area contributed by atoms with Gasteiger partial charge in [-0.3, -0.25) is 9.59 Å². The lowest BCUT2D eigenvalue weighted by Gasteiger charge is -2.27. The van der Waals surface area contributed by atoms with E-state index in [1.807, 2.05) is 36.4 Å². The molecule has 4 rings (SSSR count). The van der Waals surface area contributed by atoms with Gasteiger partial charge >= 0.3 is 0 Å². The largest absolute Gasteiger partial charge is 0.493 e. The minimum atomic E-state index is -0.188. The Bertz CT molecular complexity index is 1040. The van der Waals surface area contributed by atoms with E-state index >= 15 is 0 Å². The fraction of sp³-hybridized carbons (Fsp3) is 0.130. The molecule has 0 bridgehead atoms. The molecule has 2 N–H and O–H groups in total. The van der Waals surface area contributed by atoms with Gasteiger partial charge in [0, 0.05) is 33.3 Å².